The van der Waals surface area contributed by atoms with Crippen LogP contribution in [0.2, 0.25) is 0 Å². The molecule has 0 heterocycles. The highest BCUT2D eigenvalue weighted by Gasteiger charge is 2.06. The molecule has 0 spiro atoms. The smallest absolute Gasteiger partial charge is 0.334 e. The summed E-state index contributed by atoms with van der Waals surface area (Å²) in [5.41, 5.74) is 0.302. The summed E-state index contributed by atoms with van der Waals surface area (Å²) in [7, 11) is 0. The Balaban J connectivity index is 3.38. The van der Waals surface area contributed by atoms with E-state index in [-0.39, 0.29) is 13.2 Å². The Morgan fingerprint density at radius 3 is 2.75 bits per heavy atom. The highest BCUT2D eigenvalue weighted by atomic mass is 19.3. The Labute approximate surface area is 93.6 Å². The van der Waals surface area contributed by atoms with Gasteiger partial charge in [0.05, 0.1) is 13.2 Å². The molecule has 0 radical (unpaired) electrons. The first kappa shape index (κ1) is 15.0. The van der Waals surface area contributed by atoms with Crippen LogP contribution in [0.5, 0.6) is 0 Å². The van der Waals surface area contributed by atoms with Gasteiger partial charge in [-0.25, -0.2) is 13.6 Å². The molecule has 0 unspecified atom stereocenters. The molecular weight excluding hydrogens is 220 g/mol. The summed E-state index contributed by atoms with van der Waals surface area (Å²) in [5.74, 6) is -0.455. The number of ether oxygens (including phenoxy) is 2. The Kier molecular flexibility index (Phi) is 8.65. The molecule has 0 bridgehead atoms. The van der Waals surface area contributed by atoms with Gasteiger partial charge in [0.25, 0.3) is 6.43 Å². The van der Waals surface area contributed by atoms with E-state index in [0.717, 1.165) is 0 Å². The van der Waals surface area contributed by atoms with Crippen LogP contribution in [0.25, 0.3) is 0 Å². The molecule has 0 aromatic heterocycles. The molecule has 0 aliphatic rings. The third-order valence-electron chi connectivity index (χ3n) is 1.57. The zero-order chi connectivity index (χ0) is 12.4. The molecule has 0 amide bonds. The first-order chi connectivity index (χ1) is 7.57. The van der Waals surface area contributed by atoms with Crippen LogP contribution < -0.4 is 5.32 Å². The van der Waals surface area contributed by atoms with Gasteiger partial charge >= 0.3 is 5.97 Å². The second-order valence-corrected chi connectivity index (χ2v) is 2.97. The van der Waals surface area contributed by atoms with Crippen molar-refractivity contribution in [2.45, 2.75) is 13.3 Å². The zero-order valence-electron chi connectivity index (χ0n) is 9.30. The highest BCUT2D eigenvalue weighted by molar-refractivity contribution is 5.88. The SMILES string of the molecule is C=C(CNCCOCC(F)F)C(=O)OCC. The molecule has 0 aromatic carbocycles. The molecule has 0 saturated carbocycles. The van der Waals surface area contributed by atoms with Gasteiger partial charge in [0.15, 0.2) is 0 Å². The summed E-state index contributed by atoms with van der Waals surface area (Å²) in [5, 5.41) is 2.83. The number of carbonyl (C=O) groups excluding carboxylic acids is 1. The minimum Gasteiger partial charge on any atom is -0.463 e. The van der Waals surface area contributed by atoms with Gasteiger partial charge in [-0.15, -0.1) is 0 Å². The Hall–Kier alpha value is -1.01. The third kappa shape index (κ3) is 8.31. The maximum Gasteiger partial charge on any atom is 0.334 e. The molecule has 0 aliphatic heterocycles. The van der Waals surface area contributed by atoms with Gasteiger partial charge in [-0.05, 0) is 6.92 Å². The van der Waals surface area contributed by atoms with Gasteiger partial charge in [0.2, 0.25) is 0 Å². The Morgan fingerprint density at radius 1 is 1.50 bits per heavy atom. The van der Waals surface area contributed by atoms with Crippen molar-refractivity contribution in [3.8, 4) is 0 Å². The van der Waals surface area contributed by atoms with Gasteiger partial charge in [0, 0.05) is 18.7 Å². The molecule has 6 heteroatoms. The number of alkyl halides is 2. The van der Waals surface area contributed by atoms with Crippen molar-refractivity contribution in [3.63, 3.8) is 0 Å². The number of hydrogen-bond acceptors (Lipinski definition) is 4. The van der Waals surface area contributed by atoms with Gasteiger partial charge in [-0.1, -0.05) is 6.58 Å². The van der Waals surface area contributed by atoms with Crippen molar-refractivity contribution >= 4 is 5.97 Å². The predicted molar refractivity (Wildman–Crippen MR) is 55.5 cm³/mol. The number of esters is 1. The van der Waals surface area contributed by atoms with Crippen LogP contribution in [0.15, 0.2) is 12.2 Å². The van der Waals surface area contributed by atoms with Crippen LogP contribution >= 0.6 is 0 Å². The van der Waals surface area contributed by atoms with Crippen molar-refractivity contribution in [1.29, 1.82) is 0 Å². The quantitative estimate of drug-likeness (QED) is 0.369. The average molecular weight is 237 g/mol. The molecule has 4 nitrogen and oxygen atoms in total. The van der Waals surface area contributed by atoms with E-state index in [0.29, 0.717) is 18.7 Å². The first-order valence-corrected chi connectivity index (χ1v) is 4.99. The topological polar surface area (TPSA) is 47.6 Å². The van der Waals surface area contributed by atoms with E-state index < -0.39 is 19.0 Å². The van der Waals surface area contributed by atoms with Crippen molar-refractivity contribution in [2.75, 3.05) is 32.9 Å². The minimum absolute atomic E-state index is 0.167. The van der Waals surface area contributed by atoms with Crippen LogP contribution in [0.4, 0.5) is 8.78 Å². The summed E-state index contributed by atoms with van der Waals surface area (Å²) in [6.45, 7) is 5.77. The van der Waals surface area contributed by atoms with Crippen molar-refractivity contribution in [2.24, 2.45) is 0 Å². The van der Waals surface area contributed by atoms with Crippen molar-refractivity contribution in [1.82, 2.24) is 5.32 Å². The predicted octanol–water partition coefficient (Wildman–Crippen LogP) is 0.977. The lowest BCUT2D eigenvalue weighted by Gasteiger charge is -2.07. The Morgan fingerprint density at radius 2 is 2.19 bits per heavy atom. The molecule has 0 saturated heterocycles. The van der Waals surface area contributed by atoms with Gasteiger partial charge in [0.1, 0.15) is 6.61 Å². The number of nitrogens with one attached hydrogen (secondary N) is 1. The molecule has 0 aromatic rings. The van der Waals surface area contributed by atoms with Crippen molar-refractivity contribution in [3.05, 3.63) is 12.2 Å². The summed E-state index contributed by atoms with van der Waals surface area (Å²) < 4.78 is 32.6. The molecule has 16 heavy (non-hydrogen) atoms. The fourth-order valence-corrected chi connectivity index (χ4v) is 0.861. The van der Waals surface area contributed by atoms with Gasteiger partial charge < -0.3 is 14.8 Å². The lowest BCUT2D eigenvalue weighted by Crippen LogP contribution is -2.25. The van der Waals surface area contributed by atoms with Gasteiger partial charge in [-0.3, -0.25) is 0 Å². The van der Waals surface area contributed by atoms with E-state index in [1.807, 2.05) is 0 Å². The van der Waals surface area contributed by atoms with Crippen LogP contribution in [0.3, 0.4) is 0 Å². The zero-order valence-corrected chi connectivity index (χ0v) is 9.30. The van der Waals surface area contributed by atoms with Crippen molar-refractivity contribution < 1.29 is 23.0 Å². The molecule has 0 aliphatic carbocycles. The van der Waals surface area contributed by atoms with Crippen LogP contribution in [-0.4, -0.2) is 45.3 Å². The van der Waals surface area contributed by atoms with E-state index in [1.165, 1.54) is 0 Å². The normalized spacial score (nSPS) is 10.5. The number of halogens is 2. The van der Waals surface area contributed by atoms with Crippen LogP contribution in [0.1, 0.15) is 6.92 Å². The lowest BCUT2D eigenvalue weighted by atomic mass is 10.3. The monoisotopic (exact) mass is 237 g/mol. The maximum atomic E-state index is 11.6. The number of hydrogen-bond donors (Lipinski definition) is 1. The third-order valence-corrected chi connectivity index (χ3v) is 1.57. The highest BCUT2D eigenvalue weighted by Crippen LogP contribution is 1.93. The second kappa shape index (κ2) is 9.23. The summed E-state index contributed by atoms with van der Waals surface area (Å²) in [6.07, 6.45) is -2.45. The first-order valence-electron chi connectivity index (χ1n) is 4.99. The van der Waals surface area contributed by atoms with Gasteiger partial charge in [-0.2, -0.15) is 0 Å². The molecule has 0 rings (SSSR count). The minimum atomic E-state index is -2.45. The fourth-order valence-electron chi connectivity index (χ4n) is 0.861. The van der Waals surface area contributed by atoms with E-state index in [4.69, 9.17) is 4.74 Å². The summed E-state index contributed by atoms with van der Waals surface area (Å²) in [4.78, 5) is 11.1. The maximum absolute atomic E-state index is 11.6. The van der Waals surface area contributed by atoms with E-state index in [2.05, 4.69) is 16.6 Å². The summed E-state index contributed by atoms with van der Waals surface area (Å²) >= 11 is 0. The largest absolute Gasteiger partial charge is 0.463 e. The standard InChI is InChI=1S/C10H17F2NO3/c1-3-16-10(14)8(2)6-13-4-5-15-7-9(11)12/h9,13H,2-7H2,1H3. The molecular formula is C10H17F2NO3. The summed E-state index contributed by atoms with van der Waals surface area (Å²) in [6, 6.07) is 0. The number of carbonyl (C=O) groups is 1. The van der Waals surface area contributed by atoms with E-state index >= 15 is 0 Å². The molecule has 94 valence electrons. The fraction of sp³-hybridized carbons (Fsp3) is 0.700. The number of rotatable bonds is 9. The Bertz CT molecular complexity index is 222. The molecule has 0 atom stereocenters. The average Bonchev–Trinajstić information content (AvgIpc) is 2.22. The van der Waals surface area contributed by atoms with E-state index in [9.17, 15) is 13.6 Å². The van der Waals surface area contributed by atoms with Crippen LogP contribution in [0, 0.1) is 0 Å². The molecule has 1 N–H and O–H groups in total. The second-order valence-electron chi connectivity index (χ2n) is 2.97. The van der Waals surface area contributed by atoms with E-state index in [1.54, 1.807) is 6.92 Å². The van der Waals surface area contributed by atoms with Crippen LogP contribution in [-0.2, 0) is 14.3 Å². The molecule has 0 fully saturated rings. The lowest BCUT2D eigenvalue weighted by molar-refractivity contribution is -0.138.